The third-order valence-corrected chi connectivity index (χ3v) is 2.00. The van der Waals surface area contributed by atoms with Gasteiger partial charge in [0, 0.05) is 0 Å². The maximum Gasteiger partial charge on any atom is 0.419 e. The first kappa shape index (κ1) is 15.4. The highest BCUT2D eigenvalue weighted by atomic mass is 19.4. The van der Waals surface area contributed by atoms with Crippen molar-refractivity contribution in [3.8, 4) is 0 Å². The summed E-state index contributed by atoms with van der Waals surface area (Å²) in [6.07, 6.45) is -4.86. The minimum atomic E-state index is -4.86. The second-order valence-electron chi connectivity index (χ2n) is 4.81. The van der Waals surface area contributed by atoms with Gasteiger partial charge >= 0.3 is 6.18 Å². The standard InChI is InChI=1S/C12H13F4NO2/c1-11(2,3)19-17-10(18)7-5-4-6-8(9(7)13)12(14,15)16/h4-6H,1-3H3,(H,17,18). The molecule has 0 spiro atoms. The van der Waals surface area contributed by atoms with Crippen LogP contribution in [0.4, 0.5) is 17.6 Å². The van der Waals surface area contributed by atoms with E-state index in [2.05, 4.69) is 0 Å². The van der Waals surface area contributed by atoms with Gasteiger partial charge in [-0.3, -0.25) is 9.63 Å². The maximum absolute atomic E-state index is 13.6. The van der Waals surface area contributed by atoms with Crippen LogP contribution in [0.2, 0.25) is 0 Å². The molecule has 106 valence electrons. The van der Waals surface area contributed by atoms with Gasteiger partial charge in [0.2, 0.25) is 0 Å². The van der Waals surface area contributed by atoms with Crippen LogP contribution in [0.1, 0.15) is 36.7 Å². The van der Waals surface area contributed by atoms with Crippen molar-refractivity contribution in [2.45, 2.75) is 32.5 Å². The second kappa shape index (κ2) is 5.16. The first-order chi connectivity index (χ1) is 8.52. The van der Waals surface area contributed by atoms with Gasteiger partial charge < -0.3 is 0 Å². The highest BCUT2D eigenvalue weighted by molar-refractivity contribution is 5.94. The fourth-order valence-electron chi connectivity index (χ4n) is 1.18. The number of carbonyl (C=O) groups excluding carboxylic acids is 1. The zero-order valence-corrected chi connectivity index (χ0v) is 10.6. The number of hydrogen-bond donors (Lipinski definition) is 1. The Balaban J connectivity index is 2.99. The highest BCUT2D eigenvalue weighted by Gasteiger charge is 2.35. The summed E-state index contributed by atoms with van der Waals surface area (Å²) in [5, 5.41) is 0. The smallest absolute Gasteiger partial charge is 0.268 e. The zero-order chi connectivity index (χ0) is 14.8. The van der Waals surface area contributed by atoms with Crippen molar-refractivity contribution in [3.63, 3.8) is 0 Å². The summed E-state index contributed by atoms with van der Waals surface area (Å²) in [5.41, 5.74) is -1.04. The average Bonchev–Trinajstić information content (AvgIpc) is 2.23. The molecule has 1 amide bonds. The molecule has 0 heterocycles. The molecule has 1 aromatic rings. The topological polar surface area (TPSA) is 38.3 Å². The molecule has 0 unspecified atom stereocenters. The molecule has 0 aliphatic heterocycles. The van der Waals surface area contributed by atoms with Crippen molar-refractivity contribution >= 4 is 5.91 Å². The van der Waals surface area contributed by atoms with Crippen LogP contribution >= 0.6 is 0 Å². The third kappa shape index (κ3) is 4.20. The summed E-state index contributed by atoms with van der Waals surface area (Å²) < 4.78 is 51.0. The lowest BCUT2D eigenvalue weighted by atomic mass is 10.1. The van der Waals surface area contributed by atoms with Crippen LogP contribution in [-0.2, 0) is 11.0 Å². The predicted molar refractivity (Wildman–Crippen MR) is 59.7 cm³/mol. The first-order valence-electron chi connectivity index (χ1n) is 5.36. The molecule has 0 fully saturated rings. The number of benzene rings is 1. The highest BCUT2D eigenvalue weighted by Crippen LogP contribution is 2.32. The summed E-state index contributed by atoms with van der Waals surface area (Å²) in [7, 11) is 0. The number of alkyl halides is 3. The van der Waals surface area contributed by atoms with Crippen LogP contribution in [0.3, 0.4) is 0 Å². The van der Waals surface area contributed by atoms with Crippen LogP contribution in [-0.4, -0.2) is 11.5 Å². The monoisotopic (exact) mass is 279 g/mol. The first-order valence-corrected chi connectivity index (χ1v) is 5.36. The number of hydrogen-bond acceptors (Lipinski definition) is 2. The molecule has 1 aromatic carbocycles. The molecule has 0 aliphatic carbocycles. The average molecular weight is 279 g/mol. The number of nitrogens with one attached hydrogen (secondary N) is 1. The van der Waals surface area contributed by atoms with E-state index in [4.69, 9.17) is 4.84 Å². The summed E-state index contributed by atoms with van der Waals surface area (Å²) in [6.45, 7) is 4.86. The van der Waals surface area contributed by atoms with Gasteiger partial charge in [0.15, 0.2) is 0 Å². The van der Waals surface area contributed by atoms with Crippen molar-refractivity contribution in [1.82, 2.24) is 5.48 Å². The Labute approximate surface area is 107 Å². The van der Waals surface area contributed by atoms with Crippen LogP contribution in [0.25, 0.3) is 0 Å². The summed E-state index contributed by atoms with van der Waals surface area (Å²) in [4.78, 5) is 16.4. The molecule has 3 nitrogen and oxygen atoms in total. The van der Waals surface area contributed by atoms with Gasteiger partial charge in [0.05, 0.1) is 16.7 Å². The molecule has 19 heavy (non-hydrogen) atoms. The molecule has 0 aliphatic rings. The Bertz CT molecular complexity index is 478. The van der Waals surface area contributed by atoms with E-state index in [-0.39, 0.29) is 0 Å². The van der Waals surface area contributed by atoms with Gasteiger partial charge in [0.1, 0.15) is 5.82 Å². The molecular weight excluding hydrogens is 266 g/mol. The fraction of sp³-hybridized carbons (Fsp3) is 0.417. The number of rotatable bonds is 2. The van der Waals surface area contributed by atoms with E-state index >= 15 is 0 Å². The second-order valence-corrected chi connectivity index (χ2v) is 4.81. The van der Waals surface area contributed by atoms with Gasteiger partial charge in [0.25, 0.3) is 5.91 Å². The van der Waals surface area contributed by atoms with E-state index in [9.17, 15) is 22.4 Å². The van der Waals surface area contributed by atoms with E-state index in [0.29, 0.717) is 6.07 Å². The Morgan fingerprint density at radius 2 is 1.79 bits per heavy atom. The van der Waals surface area contributed by atoms with Gasteiger partial charge in [-0.1, -0.05) is 6.07 Å². The Kier molecular flexibility index (Phi) is 4.19. The summed E-state index contributed by atoms with van der Waals surface area (Å²) in [5.74, 6) is -2.69. The lowest BCUT2D eigenvalue weighted by Gasteiger charge is -2.19. The predicted octanol–water partition coefficient (Wildman–Crippen LogP) is 3.30. The van der Waals surface area contributed by atoms with Crippen molar-refractivity contribution < 1.29 is 27.2 Å². The van der Waals surface area contributed by atoms with Crippen molar-refractivity contribution in [2.75, 3.05) is 0 Å². The largest absolute Gasteiger partial charge is 0.419 e. The SMILES string of the molecule is CC(C)(C)ONC(=O)c1cccc(C(F)(F)F)c1F. The normalized spacial score (nSPS) is 12.4. The quantitative estimate of drug-likeness (QED) is 0.666. The van der Waals surface area contributed by atoms with Gasteiger partial charge in [-0.05, 0) is 32.9 Å². The van der Waals surface area contributed by atoms with Gasteiger partial charge in [-0.15, -0.1) is 0 Å². The number of hydroxylamine groups is 1. The summed E-state index contributed by atoms with van der Waals surface area (Å²) >= 11 is 0. The molecular formula is C12H13F4NO2. The molecule has 7 heteroatoms. The van der Waals surface area contributed by atoms with E-state index in [0.717, 1.165) is 12.1 Å². The van der Waals surface area contributed by atoms with E-state index < -0.39 is 34.6 Å². The molecule has 0 atom stereocenters. The van der Waals surface area contributed by atoms with E-state index in [1.807, 2.05) is 5.48 Å². The van der Waals surface area contributed by atoms with Crippen LogP contribution in [0.15, 0.2) is 18.2 Å². The zero-order valence-electron chi connectivity index (χ0n) is 10.6. The number of carbonyl (C=O) groups is 1. The Hall–Kier alpha value is -1.63. The van der Waals surface area contributed by atoms with Crippen LogP contribution in [0.5, 0.6) is 0 Å². The molecule has 1 N–H and O–H groups in total. The maximum atomic E-state index is 13.6. The van der Waals surface area contributed by atoms with Gasteiger partial charge in [-0.2, -0.15) is 13.2 Å². The van der Waals surface area contributed by atoms with Crippen molar-refractivity contribution in [1.29, 1.82) is 0 Å². The van der Waals surface area contributed by atoms with Crippen molar-refractivity contribution in [3.05, 3.63) is 35.1 Å². The summed E-state index contributed by atoms with van der Waals surface area (Å²) in [6, 6.07) is 2.47. The molecule has 0 radical (unpaired) electrons. The molecule has 0 bridgehead atoms. The number of halogens is 4. The van der Waals surface area contributed by atoms with Crippen LogP contribution in [0, 0.1) is 5.82 Å². The molecule has 0 saturated carbocycles. The lowest BCUT2D eigenvalue weighted by molar-refractivity contribution is -0.140. The van der Waals surface area contributed by atoms with Crippen molar-refractivity contribution in [2.24, 2.45) is 0 Å². The minimum absolute atomic E-state index is 0.566. The fourth-order valence-corrected chi connectivity index (χ4v) is 1.18. The molecule has 0 saturated heterocycles. The van der Waals surface area contributed by atoms with E-state index in [1.54, 1.807) is 20.8 Å². The number of amides is 1. The molecule has 1 rings (SSSR count). The molecule has 0 aromatic heterocycles. The third-order valence-electron chi connectivity index (χ3n) is 2.00. The van der Waals surface area contributed by atoms with E-state index in [1.165, 1.54) is 0 Å². The minimum Gasteiger partial charge on any atom is -0.268 e. The Morgan fingerprint density at radius 1 is 1.21 bits per heavy atom. The van der Waals surface area contributed by atoms with Gasteiger partial charge in [-0.25, -0.2) is 9.87 Å². The van der Waals surface area contributed by atoms with Crippen LogP contribution < -0.4 is 5.48 Å². The Morgan fingerprint density at radius 3 is 2.26 bits per heavy atom. The lowest BCUT2D eigenvalue weighted by Crippen LogP contribution is -2.34.